The first-order valence-corrected chi connectivity index (χ1v) is 10.5. The van der Waals surface area contributed by atoms with Gasteiger partial charge in [0.25, 0.3) is 0 Å². The van der Waals surface area contributed by atoms with E-state index < -0.39 is 5.82 Å². The number of carbonyl (C=O) groups excluding carboxylic acids is 4. The van der Waals surface area contributed by atoms with Crippen molar-refractivity contribution in [2.45, 2.75) is 13.8 Å². The lowest BCUT2D eigenvalue weighted by atomic mass is 10.0. The van der Waals surface area contributed by atoms with Gasteiger partial charge in [-0.3, -0.25) is 19.2 Å². The molecule has 12 heteroatoms. The van der Waals surface area contributed by atoms with Gasteiger partial charge in [0.15, 0.2) is 24.1 Å². The maximum Gasteiger partial charge on any atom is 0.222 e. The van der Waals surface area contributed by atoms with E-state index in [4.69, 9.17) is 27.9 Å². The summed E-state index contributed by atoms with van der Waals surface area (Å²) < 4.78 is 19.4. The van der Waals surface area contributed by atoms with E-state index in [1.807, 2.05) is 0 Å². The molecule has 35 heavy (non-hydrogen) atoms. The van der Waals surface area contributed by atoms with Crippen molar-refractivity contribution in [3.8, 4) is 16.9 Å². The average molecular weight is 521 g/mol. The first kappa shape index (κ1) is 27.4. The minimum atomic E-state index is -0.696. The van der Waals surface area contributed by atoms with Gasteiger partial charge < -0.3 is 15.4 Å². The highest BCUT2D eigenvalue weighted by atomic mass is 35.5. The van der Waals surface area contributed by atoms with Gasteiger partial charge in [-0.25, -0.2) is 14.4 Å². The summed E-state index contributed by atoms with van der Waals surface area (Å²) in [4.78, 5) is 50.9. The van der Waals surface area contributed by atoms with Crippen molar-refractivity contribution in [3.63, 3.8) is 0 Å². The van der Waals surface area contributed by atoms with Gasteiger partial charge in [-0.15, -0.1) is 0 Å². The first-order valence-electron chi connectivity index (χ1n) is 9.74. The number of hydrogen-bond donors (Lipinski definition) is 2. The second-order valence-electron chi connectivity index (χ2n) is 6.79. The number of anilines is 2. The number of amides is 2. The van der Waals surface area contributed by atoms with Gasteiger partial charge in [-0.2, -0.15) is 0 Å². The van der Waals surface area contributed by atoms with Crippen LogP contribution in [0.15, 0.2) is 36.7 Å². The molecule has 0 atom stereocenters. The number of nitrogens with zero attached hydrogens (tertiary/aromatic N) is 2. The molecule has 0 saturated carbocycles. The van der Waals surface area contributed by atoms with Crippen molar-refractivity contribution in [3.05, 3.63) is 63.6 Å². The fourth-order valence-corrected chi connectivity index (χ4v) is 3.17. The third-order valence-electron chi connectivity index (χ3n) is 4.22. The summed E-state index contributed by atoms with van der Waals surface area (Å²) in [6, 6.07) is 5.73. The van der Waals surface area contributed by atoms with Crippen LogP contribution in [0.4, 0.5) is 16.0 Å². The Morgan fingerprint density at radius 1 is 0.886 bits per heavy atom. The topological polar surface area (TPSA) is 127 Å². The molecule has 182 valence electrons. The molecule has 3 rings (SSSR count). The minimum absolute atomic E-state index is 0.117. The van der Waals surface area contributed by atoms with Crippen LogP contribution < -0.4 is 15.4 Å². The molecule has 0 bridgehead atoms. The lowest BCUT2D eigenvalue weighted by Crippen LogP contribution is -2.08. The molecule has 0 radical (unpaired) electrons. The summed E-state index contributed by atoms with van der Waals surface area (Å²) in [6.45, 7) is 2.68. The number of benzene rings is 1. The van der Waals surface area contributed by atoms with Crippen LogP contribution in [0, 0.1) is 5.82 Å². The second-order valence-corrected chi connectivity index (χ2v) is 7.60. The summed E-state index contributed by atoms with van der Waals surface area (Å²) in [7, 11) is 1.30. The number of nitrogens with one attached hydrogen (secondary N) is 2. The molecule has 0 aliphatic rings. The second kappa shape index (κ2) is 12.5. The van der Waals surface area contributed by atoms with Crippen LogP contribution in [0.1, 0.15) is 34.6 Å². The van der Waals surface area contributed by atoms with E-state index in [9.17, 15) is 23.6 Å². The fraction of sp³-hybridized carbons (Fsp3) is 0.130. The molecule has 2 amide bonds. The number of ether oxygens (including phenoxy) is 1. The van der Waals surface area contributed by atoms with Gasteiger partial charge in [0.2, 0.25) is 11.8 Å². The zero-order chi connectivity index (χ0) is 26.1. The number of aromatic nitrogens is 2. The van der Waals surface area contributed by atoms with Gasteiger partial charge in [0, 0.05) is 49.0 Å². The molecule has 9 nitrogen and oxygen atoms in total. The minimum Gasteiger partial charge on any atom is -0.492 e. The van der Waals surface area contributed by atoms with Crippen molar-refractivity contribution in [2.75, 3.05) is 17.7 Å². The quantitative estimate of drug-likeness (QED) is 0.445. The van der Waals surface area contributed by atoms with Crippen LogP contribution in [0.5, 0.6) is 5.75 Å². The number of rotatable bonds is 6. The van der Waals surface area contributed by atoms with Crippen LogP contribution in [0.3, 0.4) is 0 Å². The van der Waals surface area contributed by atoms with Crippen molar-refractivity contribution in [1.82, 2.24) is 9.97 Å². The smallest absolute Gasteiger partial charge is 0.222 e. The highest BCUT2D eigenvalue weighted by Gasteiger charge is 2.17. The van der Waals surface area contributed by atoms with Crippen LogP contribution in [-0.2, 0) is 9.59 Å². The van der Waals surface area contributed by atoms with E-state index in [2.05, 4.69) is 20.6 Å². The summed E-state index contributed by atoms with van der Waals surface area (Å²) in [5, 5.41) is 5.32. The average Bonchev–Trinajstić information content (AvgIpc) is 2.79. The fourth-order valence-electron chi connectivity index (χ4n) is 2.75. The number of methoxy groups -OCH3 is 1. The Kier molecular flexibility index (Phi) is 9.80. The molecule has 0 unspecified atom stereocenters. The summed E-state index contributed by atoms with van der Waals surface area (Å²) >= 11 is 11.5. The number of carbonyl (C=O) groups is 4. The number of aldehydes is 2. The Bertz CT molecular complexity index is 1290. The number of hydrogen-bond acceptors (Lipinski definition) is 7. The van der Waals surface area contributed by atoms with Gasteiger partial charge in [-0.1, -0.05) is 23.2 Å². The summed E-state index contributed by atoms with van der Waals surface area (Å²) in [5.74, 6) is -0.828. The lowest BCUT2D eigenvalue weighted by Gasteiger charge is -2.12. The number of pyridine rings is 2. The van der Waals surface area contributed by atoms with Crippen molar-refractivity contribution < 1.29 is 28.3 Å². The molecule has 0 spiro atoms. The molecule has 0 fully saturated rings. The Hall–Kier alpha value is -3.89. The predicted molar refractivity (Wildman–Crippen MR) is 130 cm³/mol. The van der Waals surface area contributed by atoms with Crippen LogP contribution in [0.25, 0.3) is 11.1 Å². The molecule has 0 saturated heterocycles. The third-order valence-corrected chi connectivity index (χ3v) is 4.85. The summed E-state index contributed by atoms with van der Waals surface area (Å²) in [5.41, 5.74) is 0.881. The van der Waals surface area contributed by atoms with Crippen molar-refractivity contribution in [2.24, 2.45) is 0 Å². The van der Waals surface area contributed by atoms with E-state index in [1.54, 1.807) is 0 Å². The zero-order valence-electron chi connectivity index (χ0n) is 18.7. The van der Waals surface area contributed by atoms with E-state index in [1.165, 1.54) is 57.6 Å². The lowest BCUT2D eigenvalue weighted by molar-refractivity contribution is -0.115. The van der Waals surface area contributed by atoms with Gasteiger partial charge >= 0.3 is 0 Å². The van der Waals surface area contributed by atoms with E-state index in [0.717, 1.165) is 0 Å². The Morgan fingerprint density at radius 2 is 1.43 bits per heavy atom. The van der Waals surface area contributed by atoms with Gasteiger partial charge in [0.1, 0.15) is 11.6 Å². The molecule has 2 N–H and O–H groups in total. The van der Waals surface area contributed by atoms with E-state index in [-0.39, 0.29) is 50.1 Å². The van der Waals surface area contributed by atoms with Crippen LogP contribution in [-0.4, -0.2) is 41.5 Å². The SMILES string of the molecule is CC(=O)Nc1cc(Cl)c(C=O)cn1.COc1c(Cl)ccc(-c2cc(NC(C)=O)ncc2C=O)c1F. The molecule has 0 aliphatic carbocycles. The third kappa shape index (κ3) is 7.29. The highest BCUT2D eigenvalue weighted by Crippen LogP contribution is 2.36. The van der Waals surface area contributed by atoms with E-state index in [0.29, 0.717) is 24.0 Å². The zero-order valence-corrected chi connectivity index (χ0v) is 20.2. The molecule has 2 aromatic heterocycles. The number of halogens is 3. The Labute approximate surface area is 209 Å². The first-order chi connectivity index (χ1) is 16.6. The summed E-state index contributed by atoms with van der Waals surface area (Å²) in [6.07, 6.45) is 3.72. The largest absolute Gasteiger partial charge is 0.492 e. The maximum absolute atomic E-state index is 14.5. The highest BCUT2D eigenvalue weighted by molar-refractivity contribution is 6.33. The molecular formula is C23H19Cl2FN4O5. The van der Waals surface area contributed by atoms with Crippen LogP contribution in [0.2, 0.25) is 10.0 Å². The molecular weight excluding hydrogens is 502 g/mol. The Balaban J connectivity index is 0.000000283. The monoisotopic (exact) mass is 520 g/mol. The molecule has 1 aromatic carbocycles. The normalized spacial score (nSPS) is 9.89. The standard InChI is InChI=1S/C15H12ClFN2O3.C8H7ClN2O2/c1-8(21)19-13-5-11(9(7-20)6-18-13)10-3-4-12(16)15(22-2)14(10)17;1-5(13)11-8-2-7(9)6(4-12)3-10-8/h3-7H,1-2H3,(H,18,19,21);2-4H,1H3,(H,10,11,13). The van der Waals surface area contributed by atoms with Crippen molar-refractivity contribution >= 4 is 59.2 Å². The van der Waals surface area contributed by atoms with Crippen molar-refractivity contribution in [1.29, 1.82) is 0 Å². The molecule has 0 aliphatic heterocycles. The van der Waals surface area contributed by atoms with Gasteiger partial charge in [-0.05, 0) is 18.2 Å². The van der Waals surface area contributed by atoms with Gasteiger partial charge in [0.05, 0.1) is 22.7 Å². The predicted octanol–water partition coefficient (Wildman–Crippen LogP) is 4.83. The molecule has 2 heterocycles. The maximum atomic E-state index is 14.5. The van der Waals surface area contributed by atoms with E-state index >= 15 is 0 Å². The molecule has 3 aromatic rings. The Morgan fingerprint density at radius 3 is 1.91 bits per heavy atom. The van der Waals surface area contributed by atoms with Crippen LogP contribution >= 0.6 is 23.2 Å².